The molecule has 0 amide bonds. The van der Waals surface area contributed by atoms with Crippen LogP contribution in [-0.4, -0.2) is 16.5 Å². The Balaban J connectivity index is 2.35. The maximum absolute atomic E-state index is 10.7. The predicted octanol–water partition coefficient (Wildman–Crippen LogP) is 3.33. The number of hydrogen-bond acceptors (Lipinski definition) is 5. The minimum Gasteiger partial charge on any atom is -0.507 e. The van der Waals surface area contributed by atoms with Crippen molar-refractivity contribution < 1.29 is 15.0 Å². The molecule has 0 bridgehead atoms. The largest absolute Gasteiger partial charge is 0.507 e. The molecule has 0 aromatic heterocycles. The summed E-state index contributed by atoms with van der Waals surface area (Å²) in [5.41, 5.74) is 0.797. The molecule has 0 aliphatic heterocycles. The summed E-state index contributed by atoms with van der Waals surface area (Å²) in [6.07, 6.45) is 0.482. The Morgan fingerprint density at radius 2 is 1.67 bits per heavy atom. The van der Waals surface area contributed by atoms with Gasteiger partial charge in [-0.2, -0.15) is 5.11 Å². The summed E-state index contributed by atoms with van der Waals surface area (Å²) in [6, 6.07) is 11.3. The number of aromatic hydroxyl groups is 2. The van der Waals surface area contributed by atoms with Gasteiger partial charge in [-0.1, -0.05) is 18.2 Å². The van der Waals surface area contributed by atoms with E-state index in [2.05, 4.69) is 10.2 Å². The Labute approximate surface area is 103 Å². The lowest BCUT2D eigenvalue weighted by Crippen LogP contribution is -1.81. The number of carbonyl (C=O) groups is 1. The lowest BCUT2D eigenvalue weighted by atomic mass is 10.2. The lowest BCUT2D eigenvalue weighted by molar-refractivity contribution is 0.112. The minimum atomic E-state index is -0.291. The first kappa shape index (κ1) is 11.8. The van der Waals surface area contributed by atoms with Gasteiger partial charge in [0.2, 0.25) is 0 Å². The van der Waals surface area contributed by atoms with E-state index in [9.17, 15) is 15.0 Å². The van der Waals surface area contributed by atoms with E-state index < -0.39 is 0 Å². The number of azo groups is 1. The van der Waals surface area contributed by atoms with Crippen LogP contribution in [-0.2, 0) is 0 Å². The quantitative estimate of drug-likeness (QED) is 0.639. The Morgan fingerprint density at radius 3 is 2.33 bits per heavy atom. The first-order valence-electron chi connectivity index (χ1n) is 5.18. The van der Waals surface area contributed by atoms with Crippen LogP contribution in [0.15, 0.2) is 52.7 Å². The number of nitrogens with zero attached hydrogens (tertiary/aromatic N) is 2. The number of carbonyl (C=O) groups excluding carboxylic acids is 1. The van der Waals surface area contributed by atoms with Crippen molar-refractivity contribution in [1.82, 2.24) is 0 Å². The van der Waals surface area contributed by atoms with Crippen LogP contribution in [0.25, 0.3) is 0 Å². The van der Waals surface area contributed by atoms with Crippen LogP contribution >= 0.6 is 0 Å². The highest BCUT2D eigenvalue weighted by atomic mass is 16.3. The zero-order valence-corrected chi connectivity index (χ0v) is 9.32. The standard InChI is InChI=1S/C13H10N2O3/c16-8-9-6-11(13(18)7-12(9)17)15-14-10-4-2-1-3-5-10/h1-8,17-18H. The van der Waals surface area contributed by atoms with E-state index in [4.69, 9.17) is 0 Å². The van der Waals surface area contributed by atoms with E-state index in [0.717, 1.165) is 6.07 Å². The van der Waals surface area contributed by atoms with Gasteiger partial charge in [-0.15, -0.1) is 5.11 Å². The van der Waals surface area contributed by atoms with E-state index in [1.54, 1.807) is 12.1 Å². The third-order valence-electron chi connectivity index (χ3n) is 2.28. The van der Waals surface area contributed by atoms with E-state index in [1.165, 1.54) is 6.07 Å². The molecule has 0 saturated heterocycles. The van der Waals surface area contributed by atoms with Crippen molar-refractivity contribution in [2.24, 2.45) is 10.2 Å². The normalized spacial score (nSPS) is 10.7. The van der Waals surface area contributed by atoms with Crippen molar-refractivity contribution in [3.8, 4) is 11.5 Å². The van der Waals surface area contributed by atoms with Gasteiger partial charge in [0.05, 0.1) is 11.3 Å². The molecule has 0 fully saturated rings. The Kier molecular flexibility index (Phi) is 3.33. The highest BCUT2D eigenvalue weighted by Crippen LogP contribution is 2.33. The summed E-state index contributed by atoms with van der Waals surface area (Å²) in [4.78, 5) is 10.7. The number of phenolic OH excluding ortho intramolecular Hbond substituents is 2. The maximum Gasteiger partial charge on any atom is 0.153 e. The molecule has 2 rings (SSSR count). The Bertz CT molecular complexity index is 595. The molecule has 0 aliphatic carbocycles. The van der Waals surface area contributed by atoms with Crippen LogP contribution < -0.4 is 0 Å². The predicted molar refractivity (Wildman–Crippen MR) is 65.8 cm³/mol. The van der Waals surface area contributed by atoms with E-state index in [1.807, 2.05) is 18.2 Å². The summed E-state index contributed by atoms with van der Waals surface area (Å²) in [5.74, 6) is -0.529. The number of rotatable bonds is 3. The number of hydrogen-bond donors (Lipinski definition) is 2. The fourth-order valence-electron chi connectivity index (χ4n) is 1.36. The van der Waals surface area contributed by atoms with Gasteiger partial charge in [0, 0.05) is 6.07 Å². The van der Waals surface area contributed by atoms with Crippen molar-refractivity contribution in [2.45, 2.75) is 0 Å². The molecule has 2 aromatic rings. The second-order valence-corrected chi connectivity index (χ2v) is 3.55. The lowest BCUT2D eigenvalue weighted by Gasteiger charge is -2.01. The molecule has 90 valence electrons. The SMILES string of the molecule is O=Cc1cc(N=Nc2ccccc2)c(O)cc1O. The molecule has 2 N–H and O–H groups in total. The molecule has 5 heteroatoms. The highest BCUT2D eigenvalue weighted by molar-refractivity contribution is 5.82. The van der Waals surface area contributed by atoms with Crippen molar-refractivity contribution in [3.05, 3.63) is 48.0 Å². The number of benzene rings is 2. The molecule has 18 heavy (non-hydrogen) atoms. The van der Waals surface area contributed by atoms with Crippen LogP contribution in [0.4, 0.5) is 11.4 Å². The second kappa shape index (κ2) is 5.09. The maximum atomic E-state index is 10.7. The van der Waals surface area contributed by atoms with E-state index in [-0.39, 0.29) is 22.7 Å². The van der Waals surface area contributed by atoms with Crippen molar-refractivity contribution in [1.29, 1.82) is 0 Å². The van der Waals surface area contributed by atoms with Crippen molar-refractivity contribution >= 4 is 17.7 Å². The monoisotopic (exact) mass is 242 g/mol. The molecule has 2 aromatic carbocycles. The van der Waals surface area contributed by atoms with Crippen molar-refractivity contribution in [3.63, 3.8) is 0 Å². The van der Waals surface area contributed by atoms with Gasteiger partial charge in [0.15, 0.2) is 6.29 Å². The van der Waals surface area contributed by atoms with Gasteiger partial charge < -0.3 is 10.2 Å². The van der Waals surface area contributed by atoms with E-state index >= 15 is 0 Å². The molecule has 5 nitrogen and oxygen atoms in total. The summed E-state index contributed by atoms with van der Waals surface area (Å²) in [7, 11) is 0. The Hall–Kier alpha value is -2.69. The van der Waals surface area contributed by atoms with Crippen molar-refractivity contribution in [2.75, 3.05) is 0 Å². The van der Waals surface area contributed by atoms with Crippen LogP contribution in [0, 0.1) is 0 Å². The molecule has 0 atom stereocenters. The van der Waals surface area contributed by atoms with Crippen LogP contribution in [0.5, 0.6) is 11.5 Å². The second-order valence-electron chi connectivity index (χ2n) is 3.55. The van der Waals surface area contributed by atoms with Crippen LogP contribution in [0.2, 0.25) is 0 Å². The number of phenols is 2. The molecule has 0 unspecified atom stereocenters. The fourth-order valence-corrected chi connectivity index (χ4v) is 1.36. The summed E-state index contributed by atoms with van der Waals surface area (Å²) < 4.78 is 0. The smallest absolute Gasteiger partial charge is 0.153 e. The third-order valence-corrected chi connectivity index (χ3v) is 2.28. The average molecular weight is 242 g/mol. The fraction of sp³-hybridized carbons (Fsp3) is 0. The zero-order valence-electron chi connectivity index (χ0n) is 9.32. The zero-order chi connectivity index (χ0) is 13.0. The molecule has 0 saturated carbocycles. The highest BCUT2D eigenvalue weighted by Gasteiger charge is 2.07. The Morgan fingerprint density at radius 1 is 0.944 bits per heavy atom. The third kappa shape index (κ3) is 2.52. The molecule has 0 spiro atoms. The first-order chi connectivity index (χ1) is 8.70. The molecule has 0 heterocycles. The van der Waals surface area contributed by atoms with Crippen LogP contribution in [0.3, 0.4) is 0 Å². The van der Waals surface area contributed by atoms with Crippen LogP contribution in [0.1, 0.15) is 10.4 Å². The van der Waals surface area contributed by atoms with E-state index in [0.29, 0.717) is 12.0 Å². The summed E-state index contributed by atoms with van der Waals surface area (Å²) in [6.45, 7) is 0. The average Bonchev–Trinajstić information content (AvgIpc) is 2.39. The molecular weight excluding hydrogens is 232 g/mol. The molecule has 0 radical (unpaired) electrons. The van der Waals surface area contributed by atoms with Gasteiger partial charge >= 0.3 is 0 Å². The summed E-state index contributed by atoms with van der Waals surface area (Å²) >= 11 is 0. The number of aldehydes is 1. The first-order valence-corrected chi connectivity index (χ1v) is 5.18. The van der Waals surface area contributed by atoms with Gasteiger partial charge in [-0.05, 0) is 18.2 Å². The van der Waals surface area contributed by atoms with Gasteiger partial charge in [-0.25, -0.2) is 0 Å². The van der Waals surface area contributed by atoms with Gasteiger partial charge in [0.25, 0.3) is 0 Å². The minimum absolute atomic E-state index is 0.0508. The topological polar surface area (TPSA) is 82.2 Å². The molecular formula is C13H10N2O3. The van der Waals surface area contributed by atoms with Gasteiger partial charge in [0.1, 0.15) is 17.2 Å². The summed E-state index contributed by atoms with van der Waals surface area (Å²) in [5, 5.41) is 26.6. The molecule has 0 aliphatic rings. The van der Waals surface area contributed by atoms with Gasteiger partial charge in [-0.3, -0.25) is 4.79 Å².